The van der Waals surface area contributed by atoms with Crippen LogP contribution in [-0.2, 0) is 4.74 Å². The molecule has 2 aliphatic rings. The maximum atomic E-state index is 5.89. The molecule has 1 aromatic carbocycles. The van der Waals surface area contributed by atoms with Gasteiger partial charge in [0, 0.05) is 37.2 Å². The van der Waals surface area contributed by atoms with Crippen LogP contribution in [0.5, 0.6) is 5.75 Å². The van der Waals surface area contributed by atoms with Crippen LogP contribution in [-0.4, -0.2) is 50.4 Å². The van der Waals surface area contributed by atoms with Gasteiger partial charge in [-0.2, -0.15) is 0 Å². The Morgan fingerprint density at radius 3 is 3.05 bits per heavy atom. The normalized spacial score (nSPS) is 29.7. The molecule has 0 amide bonds. The summed E-state index contributed by atoms with van der Waals surface area (Å²) in [4.78, 5) is 2.46. The molecule has 1 N–H and O–H groups in total. The first-order valence-corrected chi connectivity index (χ1v) is 8.07. The number of nitrogens with one attached hydrogen (secondary N) is 1. The van der Waals surface area contributed by atoms with Crippen LogP contribution in [0.4, 0.5) is 0 Å². The van der Waals surface area contributed by atoms with E-state index in [9.17, 15) is 0 Å². The SMILES string of the molecule is CCN1CCOC(CNC2c3ccccc3OCC2C)C1. The van der Waals surface area contributed by atoms with Crippen LogP contribution < -0.4 is 10.1 Å². The van der Waals surface area contributed by atoms with E-state index < -0.39 is 0 Å². The summed E-state index contributed by atoms with van der Waals surface area (Å²) in [5, 5.41) is 3.71. The molecule has 0 spiro atoms. The van der Waals surface area contributed by atoms with Gasteiger partial charge < -0.3 is 14.8 Å². The van der Waals surface area contributed by atoms with Gasteiger partial charge in [-0.05, 0) is 12.6 Å². The van der Waals surface area contributed by atoms with Crippen molar-refractivity contribution in [3.8, 4) is 5.75 Å². The molecule has 1 fully saturated rings. The molecule has 1 aromatic rings. The van der Waals surface area contributed by atoms with E-state index in [1.165, 1.54) is 5.56 Å². The molecule has 2 aliphatic heterocycles. The minimum absolute atomic E-state index is 0.293. The first-order valence-electron chi connectivity index (χ1n) is 8.07. The minimum Gasteiger partial charge on any atom is -0.493 e. The van der Waals surface area contributed by atoms with E-state index in [4.69, 9.17) is 9.47 Å². The van der Waals surface area contributed by atoms with E-state index in [1.54, 1.807) is 0 Å². The third kappa shape index (κ3) is 3.39. The van der Waals surface area contributed by atoms with Gasteiger partial charge in [-0.3, -0.25) is 4.90 Å². The molecule has 0 aromatic heterocycles. The Hall–Kier alpha value is -1.10. The highest BCUT2D eigenvalue weighted by molar-refractivity contribution is 5.37. The number of morpholine rings is 1. The van der Waals surface area contributed by atoms with Crippen molar-refractivity contribution < 1.29 is 9.47 Å². The van der Waals surface area contributed by atoms with E-state index in [-0.39, 0.29) is 0 Å². The van der Waals surface area contributed by atoms with Gasteiger partial charge >= 0.3 is 0 Å². The molecule has 3 unspecified atom stereocenters. The second-order valence-electron chi connectivity index (χ2n) is 6.10. The Bertz CT molecular complexity index is 466. The summed E-state index contributed by atoms with van der Waals surface area (Å²) in [7, 11) is 0. The maximum Gasteiger partial charge on any atom is 0.124 e. The maximum absolute atomic E-state index is 5.89. The number of para-hydroxylation sites is 1. The highest BCUT2D eigenvalue weighted by atomic mass is 16.5. The van der Waals surface area contributed by atoms with Gasteiger partial charge in [0.25, 0.3) is 0 Å². The lowest BCUT2D eigenvalue weighted by molar-refractivity contribution is -0.0277. The molecule has 0 saturated carbocycles. The topological polar surface area (TPSA) is 33.7 Å². The Balaban J connectivity index is 1.62. The number of hydrogen-bond donors (Lipinski definition) is 1. The molecule has 1 saturated heterocycles. The van der Waals surface area contributed by atoms with Gasteiger partial charge in [0.05, 0.1) is 19.3 Å². The quantitative estimate of drug-likeness (QED) is 0.920. The zero-order valence-corrected chi connectivity index (χ0v) is 13.0. The summed E-state index contributed by atoms with van der Waals surface area (Å²) >= 11 is 0. The zero-order valence-electron chi connectivity index (χ0n) is 13.0. The highest BCUT2D eigenvalue weighted by Gasteiger charge is 2.28. The average Bonchev–Trinajstić information content (AvgIpc) is 2.54. The fourth-order valence-electron chi connectivity index (χ4n) is 3.25. The summed E-state index contributed by atoms with van der Waals surface area (Å²) in [6.45, 7) is 10.2. The highest BCUT2D eigenvalue weighted by Crippen LogP contribution is 2.34. The standard InChI is InChI=1S/C17H26N2O2/c1-3-19-8-9-20-14(11-19)10-18-17-13(2)12-21-16-7-5-4-6-15(16)17/h4-7,13-14,17-18H,3,8-12H2,1-2H3. The molecule has 3 atom stereocenters. The predicted molar refractivity (Wildman–Crippen MR) is 83.7 cm³/mol. The fraction of sp³-hybridized carbons (Fsp3) is 0.647. The molecule has 3 rings (SSSR count). The molecule has 2 heterocycles. The number of nitrogens with zero attached hydrogens (tertiary/aromatic N) is 1. The van der Waals surface area contributed by atoms with E-state index in [0.29, 0.717) is 18.1 Å². The smallest absolute Gasteiger partial charge is 0.124 e. The van der Waals surface area contributed by atoms with Crippen molar-refractivity contribution in [3.63, 3.8) is 0 Å². The summed E-state index contributed by atoms with van der Waals surface area (Å²) < 4.78 is 11.7. The molecule has 0 radical (unpaired) electrons. The van der Waals surface area contributed by atoms with Gasteiger partial charge in [-0.25, -0.2) is 0 Å². The number of rotatable bonds is 4. The van der Waals surface area contributed by atoms with Crippen molar-refractivity contribution in [2.45, 2.75) is 26.0 Å². The van der Waals surface area contributed by atoms with Crippen LogP contribution in [0.2, 0.25) is 0 Å². The van der Waals surface area contributed by atoms with E-state index in [1.807, 2.05) is 6.07 Å². The zero-order chi connectivity index (χ0) is 14.7. The third-order valence-corrected chi connectivity index (χ3v) is 4.56. The third-order valence-electron chi connectivity index (χ3n) is 4.56. The molecule has 116 valence electrons. The van der Waals surface area contributed by atoms with Crippen LogP contribution in [0, 0.1) is 5.92 Å². The number of fused-ring (bicyclic) bond motifs is 1. The van der Waals surface area contributed by atoms with E-state index in [2.05, 4.69) is 42.3 Å². The van der Waals surface area contributed by atoms with Crippen molar-refractivity contribution in [3.05, 3.63) is 29.8 Å². The second kappa shape index (κ2) is 6.77. The van der Waals surface area contributed by atoms with Crippen molar-refractivity contribution in [2.75, 3.05) is 39.4 Å². The Kier molecular flexibility index (Phi) is 4.78. The Labute approximate surface area is 127 Å². The first kappa shape index (κ1) is 14.8. The van der Waals surface area contributed by atoms with Crippen LogP contribution >= 0.6 is 0 Å². The molecule has 0 bridgehead atoms. The van der Waals surface area contributed by atoms with Gasteiger partial charge in [0.2, 0.25) is 0 Å². The van der Waals surface area contributed by atoms with Crippen LogP contribution in [0.25, 0.3) is 0 Å². The lowest BCUT2D eigenvalue weighted by Gasteiger charge is -2.36. The number of ether oxygens (including phenoxy) is 2. The van der Waals surface area contributed by atoms with Crippen LogP contribution in [0.3, 0.4) is 0 Å². The largest absolute Gasteiger partial charge is 0.493 e. The molecular formula is C17H26N2O2. The fourth-order valence-corrected chi connectivity index (χ4v) is 3.25. The minimum atomic E-state index is 0.293. The predicted octanol–water partition coefficient (Wildman–Crippen LogP) is 2.07. The summed E-state index contributed by atoms with van der Waals surface area (Å²) in [6.07, 6.45) is 0.293. The van der Waals surface area contributed by atoms with Crippen molar-refractivity contribution >= 4 is 0 Å². The average molecular weight is 290 g/mol. The van der Waals surface area contributed by atoms with Crippen molar-refractivity contribution in [1.29, 1.82) is 0 Å². The molecule has 4 heteroatoms. The molecule has 0 aliphatic carbocycles. The van der Waals surface area contributed by atoms with Crippen LogP contribution in [0.15, 0.2) is 24.3 Å². The summed E-state index contributed by atoms with van der Waals surface area (Å²) in [5.74, 6) is 1.50. The van der Waals surface area contributed by atoms with Crippen LogP contribution in [0.1, 0.15) is 25.5 Å². The summed E-state index contributed by atoms with van der Waals surface area (Å²) in [5.41, 5.74) is 1.28. The summed E-state index contributed by atoms with van der Waals surface area (Å²) in [6, 6.07) is 8.71. The van der Waals surface area contributed by atoms with E-state index >= 15 is 0 Å². The van der Waals surface area contributed by atoms with Gasteiger partial charge in [0.1, 0.15) is 5.75 Å². The lowest BCUT2D eigenvalue weighted by Crippen LogP contribution is -2.48. The Morgan fingerprint density at radius 1 is 1.33 bits per heavy atom. The van der Waals surface area contributed by atoms with Gasteiger partial charge in [-0.15, -0.1) is 0 Å². The first-order chi connectivity index (χ1) is 10.3. The lowest BCUT2D eigenvalue weighted by atomic mass is 9.92. The number of hydrogen-bond acceptors (Lipinski definition) is 4. The van der Waals surface area contributed by atoms with E-state index in [0.717, 1.165) is 45.1 Å². The van der Waals surface area contributed by atoms with Gasteiger partial charge in [0.15, 0.2) is 0 Å². The number of likely N-dealkylation sites (N-methyl/N-ethyl adjacent to an activating group) is 1. The van der Waals surface area contributed by atoms with Gasteiger partial charge in [-0.1, -0.05) is 32.0 Å². The molecule has 21 heavy (non-hydrogen) atoms. The Morgan fingerprint density at radius 2 is 2.19 bits per heavy atom. The monoisotopic (exact) mass is 290 g/mol. The molecular weight excluding hydrogens is 264 g/mol. The van der Waals surface area contributed by atoms with Crippen molar-refractivity contribution in [2.24, 2.45) is 5.92 Å². The number of benzene rings is 1. The molecule has 4 nitrogen and oxygen atoms in total. The van der Waals surface area contributed by atoms with Crippen molar-refractivity contribution in [1.82, 2.24) is 10.2 Å². The second-order valence-corrected chi connectivity index (χ2v) is 6.10.